The summed E-state index contributed by atoms with van der Waals surface area (Å²) in [6, 6.07) is -0.126. The van der Waals surface area contributed by atoms with Gasteiger partial charge in [0.05, 0.1) is 39.0 Å². The smallest absolute Gasteiger partial charge is 0.407 e. The van der Waals surface area contributed by atoms with Gasteiger partial charge in [-0.1, -0.05) is 13.8 Å². The molecule has 0 unspecified atom stereocenters. The molecule has 2 amide bonds. The van der Waals surface area contributed by atoms with Crippen molar-refractivity contribution < 1.29 is 28.5 Å². The summed E-state index contributed by atoms with van der Waals surface area (Å²) >= 11 is 0. The van der Waals surface area contributed by atoms with Crippen molar-refractivity contribution in [2.75, 3.05) is 46.6 Å². The minimum atomic E-state index is -0.725. The number of nitrogens with one attached hydrogen (secondary N) is 1. The SMILES string of the molecule is COC[C@@H]1CC2(CN1C(=O)CNC(=O)OCC(C)C)OCCO2. The Kier molecular flexibility index (Phi) is 6.20. The summed E-state index contributed by atoms with van der Waals surface area (Å²) in [6.07, 6.45) is -0.0118. The molecule has 1 atom stereocenters. The molecule has 0 aromatic heterocycles. The van der Waals surface area contributed by atoms with Crippen LogP contribution in [0.1, 0.15) is 20.3 Å². The molecule has 0 aliphatic carbocycles. The van der Waals surface area contributed by atoms with Crippen LogP contribution in [0.15, 0.2) is 0 Å². The predicted molar refractivity (Wildman–Crippen MR) is 80.8 cm³/mol. The zero-order valence-corrected chi connectivity index (χ0v) is 14.0. The van der Waals surface area contributed by atoms with E-state index in [2.05, 4.69) is 5.32 Å². The highest BCUT2D eigenvalue weighted by Gasteiger charge is 2.49. The van der Waals surface area contributed by atoms with Crippen molar-refractivity contribution in [3.8, 4) is 0 Å². The lowest BCUT2D eigenvalue weighted by Crippen LogP contribution is -2.45. The topological polar surface area (TPSA) is 86.3 Å². The quantitative estimate of drug-likeness (QED) is 0.757. The average molecular weight is 330 g/mol. The molecule has 2 aliphatic heterocycles. The van der Waals surface area contributed by atoms with E-state index in [0.717, 1.165) is 0 Å². The van der Waals surface area contributed by atoms with E-state index in [9.17, 15) is 9.59 Å². The first-order valence-corrected chi connectivity index (χ1v) is 7.93. The van der Waals surface area contributed by atoms with Crippen molar-refractivity contribution in [1.29, 1.82) is 0 Å². The lowest BCUT2D eigenvalue weighted by atomic mass is 10.1. The number of rotatable bonds is 6. The molecule has 2 heterocycles. The molecule has 23 heavy (non-hydrogen) atoms. The van der Waals surface area contributed by atoms with Crippen LogP contribution in [0.25, 0.3) is 0 Å². The molecule has 0 radical (unpaired) electrons. The number of hydrogen-bond donors (Lipinski definition) is 1. The van der Waals surface area contributed by atoms with E-state index in [1.807, 2.05) is 13.8 Å². The van der Waals surface area contributed by atoms with Gasteiger partial charge in [-0.3, -0.25) is 4.79 Å². The van der Waals surface area contributed by atoms with Gasteiger partial charge in [0.15, 0.2) is 5.79 Å². The molecule has 8 nitrogen and oxygen atoms in total. The third kappa shape index (κ3) is 4.79. The first-order valence-electron chi connectivity index (χ1n) is 7.93. The fraction of sp³-hybridized carbons (Fsp3) is 0.867. The second-order valence-corrected chi connectivity index (χ2v) is 6.29. The maximum absolute atomic E-state index is 12.4. The minimum absolute atomic E-state index is 0.118. The number of ether oxygens (including phenoxy) is 4. The van der Waals surface area contributed by atoms with Crippen molar-refractivity contribution in [2.45, 2.75) is 32.1 Å². The summed E-state index contributed by atoms with van der Waals surface area (Å²) in [5.74, 6) is -0.682. The van der Waals surface area contributed by atoms with Crippen molar-refractivity contribution in [3.63, 3.8) is 0 Å². The van der Waals surface area contributed by atoms with E-state index in [0.29, 0.717) is 39.4 Å². The Morgan fingerprint density at radius 1 is 1.35 bits per heavy atom. The standard InChI is InChI=1S/C15H26N2O6/c1-11(2)8-21-14(19)16-7-13(18)17-10-15(22-4-5-23-15)6-12(17)9-20-3/h11-12H,4-10H2,1-3H3,(H,16,19)/t12-/m0/s1. The van der Waals surface area contributed by atoms with Crippen LogP contribution in [-0.2, 0) is 23.7 Å². The van der Waals surface area contributed by atoms with E-state index >= 15 is 0 Å². The monoisotopic (exact) mass is 330 g/mol. The number of carbonyl (C=O) groups excluding carboxylic acids is 2. The summed E-state index contributed by atoms with van der Waals surface area (Å²) in [5, 5.41) is 2.48. The van der Waals surface area contributed by atoms with Crippen LogP contribution < -0.4 is 5.32 Å². The largest absolute Gasteiger partial charge is 0.449 e. The Hall–Kier alpha value is -1.38. The lowest BCUT2D eigenvalue weighted by molar-refractivity contribution is -0.152. The van der Waals surface area contributed by atoms with E-state index in [1.54, 1.807) is 12.0 Å². The first kappa shape index (κ1) is 18.0. The Morgan fingerprint density at radius 3 is 2.65 bits per heavy atom. The summed E-state index contributed by atoms with van der Waals surface area (Å²) in [7, 11) is 1.59. The van der Waals surface area contributed by atoms with Gasteiger partial charge in [0.2, 0.25) is 5.91 Å². The van der Waals surface area contributed by atoms with Crippen LogP contribution in [0.4, 0.5) is 4.79 Å². The Bertz CT molecular complexity index is 422. The van der Waals surface area contributed by atoms with E-state index in [-0.39, 0.29) is 24.4 Å². The number of hydrogen-bond acceptors (Lipinski definition) is 6. The molecule has 0 saturated carbocycles. The van der Waals surface area contributed by atoms with Gasteiger partial charge in [0.25, 0.3) is 0 Å². The normalized spacial score (nSPS) is 22.8. The molecular weight excluding hydrogens is 304 g/mol. The van der Waals surface area contributed by atoms with Gasteiger partial charge < -0.3 is 29.2 Å². The number of nitrogens with zero attached hydrogens (tertiary/aromatic N) is 1. The zero-order chi connectivity index (χ0) is 16.9. The highest BCUT2D eigenvalue weighted by atomic mass is 16.7. The predicted octanol–water partition coefficient (Wildman–Crippen LogP) is 0.359. The molecule has 2 aliphatic rings. The van der Waals surface area contributed by atoms with Gasteiger partial charge >= 0.3 is 6.09 Å². The third-order valence-electron chi connectivity index (χ3n) is 3.82. The van der Waals surface area contributed by atoms with Gasteiger partial charge in [-0.15, -0.1) is 0 Å². The van der Waals surface area contributed by atoms with Gasteiger partial charge in [0, 0.05) is 13.5 Å². The minimum Gasteiger partial charge on any atom is -0.449 e. The average Bonchev–Trinajstić information content (AvgIpc) is 3.11. The van der Waals surface area contributed by atoms with Crippen LogP contribution >= 0.6 is 0 Å². The number of amides is 2. The summed E-state index contributed by atoms with van der Waals surface area (Å²) in [6.45, 7) is 5.90. The van der Waals surface area contributed by atoms with Crippen LogP contribution in [-0.4, -0.2) is 75.4 Å². The molecule has 0 aromatic carbocycles. The van der Waals surface area contributed by atoms with Crippen molar-refractivity contribution in [1.82, 2.24) is 10.2 Å². The van der Waals surface area contributed by atoms with Crippen LogP contribution in [0.3, 0.4) is 0 Å². The maximum Gasteiger partial charge on any atom is 0.407 e. The molecule has 0 aromatic rings. The summed E-state index contributed by atoms with van der Waals surface area (Å²) < 4.78 is 21.5. The Morgan fingerprint density at radius 2 is 2.04 bits per heavy atom. The highest BCUT2D eigenvalue weighted by Crippen LogP contribution is 2.34. The second kappa shape index (κ2) is 7.94. The van der Waals surface area contributed by atoms with Crippen molar-refractivity contribution in [3.05, 3.63) is 0 Å². The first-order chi connectivity index (χ1) is 11.0. The molecule has 2 fully saturated rings. The summed E-state index contributed by atoms with van der Waals surface area (Å²) in [5.41, 5.74) is 0. The molecule has 2 saturated heterocycles. The van der Waals surface area contributed by atoms with Gasteiger partial charge in [0.1, 0.15) is 6.54 Å². The lowest BCUT2D eigenvalue weighted by Gasteiger charge is -2.24. The third-order valence-corrected chi connectivity index (χ3v) is 3.82. The number of carbonyl (C=O) groups is 2. The number of methoxy groups -OCH3 is 1. The Balaban J connectivity index is 1.85. The van der Waals surface area contributed by atoms with Gasteiger partial charge in [-0.2, -0.15) is 0 Å². The molecule has 132 valence electrons. The van der Waals surface area contributed by atoms with Crippen LogP contribution in [0.2, 0.25) is 0 Å². The van der Waals surface area contributed by atoms with E-state index in [1.165, 1.54) is 0 Å². The molecule has 1 spiro atoms. The van der Waals surface area contributed by atoms with Gasteiger partial charge in [-0.05, 0) is 5.92 Å². The van der Waals surface area contributed by atoms with Crippen LogP contribution in [0, 0.1) is 5.92 Å². The highest BCUT2D eigenvalue weighted by molar-refractivity contribution is 5.82. The fourth-order valence-electron chi connectivity index (χ4n) is 2.80. The summed E-state index contributed by atoms with van der Waals surface area (Å²) in [4.78, 5) is 25.6. The van der Waals surface area contributed by atoms with E-state index < -0.39 is 11.9 Å². The Labute approximate surface area is 136 Å². The molecular formula is C15H26N2O6. The molecule has 2 rings (SSSR count). The number of likely N-dealkylation sites (tertiary alicyclic amines) is 1. The maximum atomic E-state index is 12.4. The molecule has 0 bridgehead atoms. The van der Waals surface area contributed by atoms with Crippen molar-refractivity contribution in [2.24, 2.45) is 5.92 Å². The van der Waals surface area contributed by atoms with E-state index in [4.69, 9.17) is 18.9 Å². The van der Waals surface area contributed by atoms with Crippen LogP contribution in [0.5, 0.6) is 0 Å². The van der Waals surface area contributed by atoms with Crippen molar-refractivity contribution >= 4 is 12.0 Å². The number of alkyl carbamates (subject to hydrolysis) is 1. The van der Waals surface area contributed by atoms with Gasteiger partial charge in [-0.25, -0.2) is 4.79 Å². The molecule has 1 N–H and O–H groups in total. The molecule has 8 heteroatoms. The fourth-order valence-corrected chi connectivity index (χ4v) is 2.80. The zero-order valence-electron chi connectivity index (χ0n) is 14.0. The second-order valence-electron chi connectivity index (χ2n) is 6.29.